The summed E-state index contributed by atoms with van der Waals surface area (Å²) in [5, 5.41) is 14.7. The Bertz CT molecular complexity index is 1430. The molecule has 10 nitrogen and oxygen atoms in total. The molecule has 1 saturated heterocycles. The first-order chi connectivity index (χ1) is 22.8. The van der Waals surface area contributed by atoms with Crippen LogP contribution < -0.4 is 29.0 Å². The summed E-state index contributed by atoms with van der Waals surface area (Å²) < 4.78 is 35.1. The van der Waals surface area contributed by atoms with Gasteiger partial charge in [0.2, 0.25) is 5.75 Å². The molecule has 2 atom stereocenters. The van der Waals surface area contributed by atoms with Crippen molar-refractivity contribution < 1.29 is 38.4 Å². The van der Waals surface area contributed by atoms with E-state index in [1.807, 2.05) is 48.5 Å². The predicted octanol–water partition coefficient (Wildman–Crippen LogP) is 8.94. The monoisotopic (exact) mass is 688 g/mol. The number of nitrogens with zero attached hydrogens (tertiary/aromatic N) is 1. The second-order valence-electron chi connectivity index (χ2n) is 11.0. The summed E-state index contributed by atoms with van der Waals surface area (Å²) in [5.74, 6) is 3.09. The Hall–Kier alpha value is -3.51. The number of amides is 2. The summed E-state index contributed by atoms with van der Waals surface area (Å²) in [4.78, 5) is 14.2. The standard InChI is InChI=1S/C35H45ClN2O8S/c1-6-7-8-9-16-38(40)35(39)37-27-19-23(20-30(41-2)33(27)45-17-18-47-26-12-10-25(36)11-13-26)28-14-15-29(46-28)24-21-31(42-3)34(44-5)32(22-24)43-4/h10-13,19-22,28-29,40H,6-9,14-18H2,1-5H3,(H,37,39). The number of thioether (sulfide) groups is 1. The topological polar surface area (TPSA) is 108 Å². The highest BCUT2D eigenvalue weighted by molar-refractivity contribution is 7.99. The zero-order chi connectivity index (χ0) is 33.8. The van der Waals surface area contributed by atoms with Gasteiger partial charge in [0.25, 0.3) is 0 Å². The number of hydrogen-bond acceptors (Lipinski definition) is 9. The van der Waals surface area contributed by atoms with E-state index in [-0.39, 0.29) is 18.8 Å². The highest BCUT2D eigenvalue weighted by Crippen LogP contribution is 2.48. The summed E-state index contributed by atoms with van der Waals surface area (Å²) in [6.07, 6.45) is 4.67. The van der Waals surface area contributed by atoms with E-state index in [2.05, 4.69) is 12.2 Å². The van der Waals surface area contributed by atoms with Gasteiger partial charge in [0.1, 0.15) is 0 Å². The second-order valence-corrected chi connectivity index (χ2v) is 12.6. The first-order valence-electron chi connectivity index (χ1n) is 15.8. The minimum absolute atomic E-state index is 0.221. The highest BCUT2D eigenvalue weighted by atomic mass is 35.5. The number of urea groups is 1. The summed E-state index contributed by atoms with van der Waals surface area (Å²) in [7, 11) is 6.29. The Labute approximate surface area is 286 Å². The summed E-state index contributed by atoms with van der Waals surface area (Å²) in [6, 6.07) is 14.5. The van der Waals surface area contributed by atoms with Crippen LogP contribution in [-0.2, 0) is 4.74 Å². The van der Waals surface area contributed by atoms with Crippen molar-refractivity contribution in [3.8, 4) is 28.7 Å². The number of nitrogens with one attached hydrogen (secondary N) is 1. The number of rotatable bonds is 17. The third-order valence-corrected chi connectivity index (χ3v) is 9.09. The van der Waals surface area contributed by atoms with Gasteiger partial charge in [-0.2, -0.15) is 0 Å². The van der Waals surface area contributed by atoms with Crippen molar-refractivity contribution in [2.75, 3.05) is 52.7 Å². The normalized spacial score (nSPS) is 15.6. The maximum absolute atomic E-state index is 13.1. The molecule has 0 spiro atoms. The average molecular weight is 689 g/mol. The first kappa shape index (κ1) is 36.3. The molecule has 256 valence electrons. The molecule has 3 aromatic rings. The zero-order valence-electron chi connectivity index (χ0n) is 27.7. The van der Waals surface area contributed by atoms with Crippen LogP contribution in [0.2, 0.25) is 5.02 Å². The quantitative estimate of drug-likeness (QED) is 0.0622. The number of methoxy groups -OCH3 is 4. The van der Waals surface area contributed by atoms with Crippen LogP contribution in [0.15, 0.2) is 53.4 Å². The molecule has 0 aromatic heterocycles. The van der Waals surface area contributed by atoms with Crippen molar-refractivity contribution >= 4 is 35.1 Å². The van der Waals surface area contributed by atoms with Crippen LogP contribution in [0.4, 0.5) is 10.5 Å². The Balaban J connectivity index is 1.55. The molecule has 1 heterocycles. The van der Waals surface area contributed by atoms with Gasteiger partial charge in [0.15, 0.2) is 23.0 Å². The molecule has 2 N–H and O–H groups in total. The van der Waals surface area contributed by atoms with Crippen LogP contribution in [0, 0.1) is 0 Å². The molecule has 12 heteroatoms. The van der Waals surface area contributed by atoms with Crippen molar-refractivity contribution in [2.45, 2.75) is 62.6 Å². The summed E-state index contributed by atoms with van der Waals surface area (Å²) in [5.41, 5.74) is 2.09. The van der Waals surface area contributed by atoms with Gasteiger partial charge >= 0.3 is 6.03 Å². The zero-order valence-corrected chi connectivity index (χ0v) is 29.2. The van der Waals surface area contributed by atoms with E-state index in [4.69, 9.17) is 40.0 Å². The molecular weight excluding hydrogens is 644 g/mol. The van der Waals surface area contributed by atoms with E-state index >= 15 is 0 Å². The third kappa shape index (κ3) is 9.76. The number of carbonyl (C=O) groups is 1. The van der Waals surface area contributed by atoms with Crippen LogP contribution in [-0.4, -0.2) is 63.6 Å². The molecule has 2 unspecified atom stereocenters. The molecule has 0 aliphatic carbocycles. The van der Waals surface area contributed by atoms with E-state index in [9.17, 15) is 10.0 Å². The van der Waals surface area contributed by atoms with E-state index in [1.54, 1.807) is 40.2 Å². The van der Waals surface area contributed by atoms with E-state index in [1.165, 1.54) is 0 Å². The fourth-order valence-electron chi connectivity index (χ4n) is 5.42. The molecule has 1 aliphatic heterocycles. The molecule has 1 fully saturated rings. The van der Waals surface area contributed by atoms with Crippen molar-refractivity contribution in [1.29, 1.82) is 0 Å². The third-order valence-electron chi connectivity index (χ3n) is 7.86. The lowest BCUT2D eigenvalue weighted by atomic mass is 10.0. The number of hydrogen-bond donors (Lipinski definition) is 2. The molecule has 47 heavy (non-hydrogen) atoms. The fourth-order valence-corrected chi connectivity index (χ4v) is 6.28. The van der Waals surface area contributed by atoms with Gasteiger partial charge in [-0.15, -0.1) is 11.8 Å². The van der Waals surface area contributed by atoms with Gasteiger partial charge in [-0.25, -0.2) is 9.86 Å². The smallest absolute Gasteiger partial charge is 0.345 e. The molecule has 4 rings (SSSR count). The Kier molecular flexibility index (Phi) is 14.0. The summed E-state index contributed by atoms with van der Waals surface area (Å²) >= 11 is 7.64. The Morgan fingerprint density at radius 3 is 2.06 bits per heavy atom. The van der Waals surface area contributed by atoms with E-state index in [0.29, 0.717) is 63.3 Å². The van der Waals surface area contributed by atoms with Crippen molar-refractivity contribution in [1.82, 2.24) is 5.06 Å². The van der Waals surface area contributed by atoms with Gasteiger partial charge in [-0.3, -0.25) is 5.21 Å². The number of halogens is 1. The van der Waals surface area contributed by atoms with E-state index in [0.717, 1.165) is 48.1 Å². The maximum atomic E-state index is 13.1. The average Bonchev–Trinajstić information content (AvgIpc) is 3.59. The van der Waals surface area contributed by atoms with Crippen LogP contribution in [0.25, 0.3) is 0 Å². The minimum Gasteiger partial charge on any atom is -0.493 e. The van der Waals surface area contributed by atoms with Crippen molar-refractivity contribution in [3.05, 3.63) is 64.7 Å². The lowest BCUT2D eigenvalue weighted by Gasteiger charge is -2.22. The number of hydroxylamine groups is 2. The fraction of sp³-hybridized carbons (Fsp3) is 0.457. The lowest BCUT2D eigenvalue weighted by molar-refractivity contribution is -0.0382. The summed E-state index contributed by atoms with van der Waals surface area (Å²) in [6.45, 7) is 2.67. The van der Waals surface area contributed by atoms with Gasteiger partial charge in [0.05, 0.1) is 59.5 Å². The predicted molar refractivity (Wildman–Crippen MR) is 184 cm³/mol. The molecule has 3 aromatic carbocycles. The minimum atomic E-state index is -0.649. The largest absolute Gasteiger partial charge is 0.493 e. The molecule has 2 amide bonds. The highest BCUT2D eigenvalue weighted by Gasteiger charge is 2.31. The van der Waals surface area contributed by atoms with Gasteiger partial charge in [-0.1, -0.05) is 37.8 Å². The molecule has 1 aliphatic rings. The van der Waals surface area contributed by atoms with Crippen LogP contribution in [0.3, 0.4) is 0 Å². The van der Waals surface area contributed by atoms with Gasteiger partial charge in [-0.05, 0) is 78.9 Å². The number of ether oxygens (including phenoxy) is 6. The Morgan fingerprint density at radius 2 is 1.49 bits per heavy atom. The van der Waals surface area contributed by atoms with Crippen molar-refractivity contribution in [2.24, 2.45) is 0 Å². The molecular formula is C35H45ClN2O8S. The molecule has 0 radical (unpaired) electrons. The number of anilines is 1. The van der Waals surface area contributed by atoms with Gasteiger partial charge < -0.3 is 33.7 Å². The van der Waals surface area contributed by atoms with Crippen molar-refractivity contribution in [3.63, 3.8) is 0 Å². The van der Waals surface area contributed by atoms with E-state index < -0.39 is 6.03 Å². The van der Waals surface area contributed by atoms with Gasteiger partial charge in [0, 0.05) is 15.7 Å². The number of benzene rings is 3. The van der Waals surface area contributed by atoms with Crippen LogP contribution in [0.1, 0.15) is 68.8 Å². The first-order valence-corrected chi connectivity index (χ1v) is 17.1. The number of carbonyl (C=O) groups excluding carboxylic acids is 1. The van der Waals surface area contributed by atoms with Crippen LogP contribution >= 0.6 is 23.4 Å². The SMILES string of the molecule is CCCCCCN(O)C(=O)Nc1cc(C2CCC(c3cc(OC)c(OC)c(OC)c3)O2)cc(OC)c1OCCSc1ccc(Cl)cc1. The number of unbranched alkanes of at least 4 members (excludes halogenated alkanes) is 3. The van der Waals surface area contributed by atoms with Crippen LogP contribution in [0.5, 0.6) is 28.7 Å². The Morgan fingerprint density at radius 1 is 0.894 bits per heavy atom. The molecule has 0 bridgehead atoms. The lowest BCUT2D eigenvalue weighted by Crippen LogP contribution is -2.33. The second kappa shape index (κ2) is 18.1. The maximum Gasteiger partial charge on any atom is 0.345 e. The molecule has 0 saturated carbocycles.